The van der Waals surface area contributed by atoms with Gasteiger partial charge in [0.25, 0.3) is 5.92 Å². The molecular weight excluding hydrogens is 148 g/mol. The van der Waals surface area contributed by atoms with E-state index in [4.69, 9.17) is 0 Å². The van der Waals surface area contributed by atoms with Crippen molar-refractivity contribution in [2.45, 2.75) is 26.2 Å². The quantitative estimate of drug-likeness (QED) is 0.528. The number of nitrogens with zero attached hydrogens (tertiary/aromatic N) is 1. The van der Waals surface area contributed by atoms with Crippen molar-refractivity contribution in [1.82, 2.24) is 4.90 Å². The highest BCUT2D eigenvalue weighted by Gasteiger charge is 2.49. The molecule has 1 saturated heterocycles. The Balaban J connectivity index is 2.72. The molecule has 0 N–H and O–H groups in total. The van der Waals surface area contributed by atoms with Crippen molar-refractivity contribution in [3.8, 4) is 0 Å². The van der Waals surface area contributed by atoms with Crippen LogP contribution in [0.4, 0.5) is 8.78 Å². The number of likely N-dealkylation sites (tertiary alicyclic amines) is 1. The summed E-state index contributed by atoms with van der Waals surface area (Å²) < 4.78 is 26.3. The van der Waals surface area contributed by atoms with Crippen LogP contribution < -0.4 is 0 Å². The Kier molecular flexibility index (Phi) is 1.95. The lowest BCUT2D eigenvalue weighted by Crippen LogP contribution is -2.51. The normalized spacial score (nSPS) is 30.3. The van der Waals surface area contributed by atoms with Gasteiger partial charge < -0.3 is 4.90 Å². The van der Waals surface area contributed by atoms with Gasteiger partial charge in [0.05, 0.1) is 0 Å². The zero-order valence-corrected chi connectivity index (χ0v) is 7.32. The number of piperidine rings is 1. The maximum absolute atomic E-state index is 13.1. The van der Waals surface area contributed by atoms with E-state index in [9.17, 15) is 8.78 Å². The van der Waals surface area contributed by atoms with Gasteiger partial charge in [0, 0.05) is 24.9 Å². The monoisotopic (exact) mass is 163 g/mol. The van der Waals surface area contributed by atoms with Crippen molar-refractivity contribution in [3.05, 3.63) is 0 Å². The van der Waals surface area contributed by atoms with Crippen molar-refractivity contribution in [2.75, 3.05) is 20.1 Å². The predicted octanol–water partition coefficient (Wildman–Crippen LogP) is 1.98. The summed E-state index contributed by atoms with van der Waals surface area (Å²) >= 11 is 0. The van der Waals surface area contributed by atoms with Crippen LogP contribution in [-0.4, -0.2) is 31.0 Å². The van der Waals surface area contributed by atoms with Crippen LogP contribution in [0, 0.1) is 5.41 Å². The van der Waals surface area contributed by atoms with Crippen LogP contribution in [0.3, 0.4) is 0 Å². The van der Waals surface area contributed by atoms with E-state index in [1.54, 1.807) is 13.8 Å². The van der Waals surface area contributed by atoms with Gasteiger partial charge in [-0.3, -0.25) is 0 Å². The first kappa shape index (κ1) is 8.91. The van der Waals surface area contributed by atoms with Crippen LogP contribution in [0.25, 0.3) is 0 Å². The van der Waals surface area contributed by atoms with Crippen LogP contribution in [0.2, 0.25) is 0 Å². The molecule has 0 aliphatic carbocycles. The third-order valence-electron chi connectivity index (χ3n) is 2.46. The highest BCUT2D eigenvalue weighted by atomic mass is 19.3. The Bertz CT molecular complexity index is 154. The molecule has 0 unspecified atom stereocenters. The van der Waals surface area contributed by atoms with E-state index in [1.807, 2.05) is 11.9 Å². The Morgan fingerprint density at radius 3 is 2.18 bits per heavy atom. The van der Waals surface area contributed by atoms with Gasteiger partial charge in [-0.1, -0.05) is 13.8 Å². The van der Waals surface area contributed by atoms with Crippen LogP contribution in [0.15, 0.2) is 0 Å². The minimum absolute atomic E-state index is 0.00347. The van der Waals surface area contributed by atoms with Gasteiger partial charge in [0.2, 0.25) is 0 Å². The van der Waals surface area contributed by atoms with Crippen molar-refractivity contribution < 1.29 is 8.78 Å². The third kappa shape index (κ3) is 1.53. The van der Waals surface area contributed by atoms with Gasteiger partial charge in [-0.05, 0) is 7.05 Å². The molecule has 3 heteroatoms. The molecule has 1 fully saturated rings. The lowest BCUT2D eigenvalue weighted by atomic mass is 9.80. The second-order valence-electron chi connectivity index (χ2n) is 4.08. The lowest BCUT2D eigenvalue weighted by molar-refractivity contribution is -0.146. The zero-order valence-electron chi connectivity index (χ0n) is 7.32. The van der Waals surface area contributed by atoms with Gasteiger partial charge in [-0.2, -0.15) is 0 Å². The smallest absolute Gasteiger partial charge is 0.255 e. The summed E-state index contributed by atoms with van der Waals surface area (Å²) in [6.07, 6.45) is -0.00347. The fraction of sp³-hybridized carbons (Fsp3) is 1.00. The summed E-state index contributed by atoms with van der Waals surface area (Å²) in [7, 11) is 1.89. The molecule has 1 aliphatic heterocycles. The largest absolute Gasteiger partial charge is 0.305 e. The standard InChI is InChI=1S/C8H15F2N/c1-7(2)6-11(3)5-4-8(7,9)10/h4-6H2,1-3H3. The topological polar surface area (TPSA) is 3.24 Å². The molecule has 1 rings (SSSR count). The molecular formula is C8H15F2N. The Morgan fingerprint density at radius 1 is 1.27 bits per heavy atom. The SMILES string of the molecule is CN1CCC(F)(F)C(C)(C)C1. The first-order valence-electron chi connectivity index (χ1n) is 3.91. The molecule has 0 aromatic heterocycles. The van der Waals surface area contributed by atoms with E-state index in [-0.39, 0.29) is 6.42 Å². The molecule has 0 aromatic carbocycles. The number of halogens is 2. The van der Waals surface area contributed by atoms with Crippen LogP contribution in [0.5, 0.6) is 0 Å². The summed E-state index contributed by atoms with van der Waals surface area (Å²) in [5.74, 6) is -2.49. The Hall–Kier alpha value is -0.180. The summed E-state index contributed by atoms with van der Waals surface area (Å²) in [4.78, 5) is 1.96. The molecule has 0 bridgehead atoms. The third-order valence-corrected chi connectivity index (χ3v) is 2.46. The molecule has 66 valence electrons. The molecule has 1 aliphatic rings. The first-order chi connectivity index (χ1) is 4.85. The lowest BCUT2D eigenvalue weighted by Gasteiger charge is -2.42. The van der Waals surface area contributed by atoms with E-state index in [2.05, 4.69) is 0 Å². The molecule has 0 atom stereocenters. The number of rotatable bonds is 0. The summed E-state index contributed by atoms with van der Waals surface area (Å²) in [5.41, 5.74) is -0.861. The van der Waals surface area contributed by atoms with Crippen LogP contribution >= 0.6 is 0 Å². The Morgan fingerprint density at radius 2 is 1.82 bits per heavy atom. The molecule has 0 saturated carbocycles. The highest BCUT2D eigenvalue weighted by molar-refractivity contribution is 4.91. The maximum atomic E-state index is 13.1. The van der Waals surface area contributed by atoms with Gasteiger partial charge in [-0.25, -0.2) is 8.78 Å². The molecule has 0 aromatic rings. The molecule has 1 nitrogen and oxygen atoms in total. The maximum Gasteiger partial charge on any atom is 0.255 e. The second kappa shape index (κ2) is 2.41. The van der Waals surface area contributed by atoms with Crippen molar-refractivity contribution in [1.29, 1.82) is 0 Å². The van der Waals surface area contributed by atoms with Crippen molar-refractivity contribution in [2.24, 2.45) is 5.41 Å². The number of hydrogen-bond acceptors (Lipinski definition) is 1. The molecule has 11 heavy (non-hydrogen) atoms. The minimum atomic E-state index is -2.49. The summed E-state index contributed by atoms with van der Waals surface area (Å²) in [6.45, 7) is 4.25. The Labute approximate surface area is 66.4 Å². The molecule has 0 amide bonds. The average molecular weight is 163 g/mol. The second-order valence-corrected chi connectivity index (χ2v) is 4.08. The summed E-state index contributed by atoms with van der Waals surface area (Å²) in [6, 6.07) is 0. The minimum Gasteiger partial charge on any atom is -0.305 e. The van der Waals surface area contributed by atoms with Crippen LogP contribution in [-0.2, 0) is 0 Å². The van der Waals surface area contributed by atoms with E-state index >= 15 is 0 Å². The number of hydrogen-bond donors (Lipinski definition) is 0. The fourth-order valence-corrected chi connectivity index (χ4v) is 1.54. The molecule has 0 radical (unpaired) electrons. The van der Waals surface area contributed by atoms with Gasteiger partial charge in [0.1, 0.15) is 0 Å². The fourth-order valence-electron chi connectivity index (χ4n) is 1.54. The highest BCUT2D eigenvalue weighted by Crippen LogP contribution is 2.42. The van der Waals surface area contributed by atoms with Crippen LogP contribution in [0.1, 0.15) is 20.3 Å². The summed E-state index contributed by atoms with van der Waals surface area (Å²) in [5, 5.41) is 0. The van der Waals surface area contributed by atoms with E-state index in [0.717, 1.165) is 0 Å². The van der Waals surface area contributed by atoms with E-state index < -0.39 is 11.3 Å². The van der Waals surface area contributed by atoms with Crippen molar-refractivity contribution in [3.63, 3.8) is 0 Å². The first-order valence-corrected chi connectivity index (χ1v) is 3.91. The van der Waals surface area contributed by atoms with Gasteiger partial charge >= 0.3 is 0 Å². The zero-order chi connectivity index (χ0) is 8.70. The van der Waals surface area contributed by atoms with Crippen molar-refractivity contribution >= 4 is 0 Å². The van der Waals surface area contributed by atoms with Gasteiger partial charge in [-0.15, -0.1) is 0 Å². The van der Waals surface area contributed by atoms with E-state index in [0.29, 0.717) is 13.1 Å². The predicted molar refractivity (Wildman–Crippen MR) is 40.8 cm³/mol. The molecule has 0 spiro atoms. The average Bonchev–Trinajstić information content (AvgIpc) is 1.80. The van der Waals surface area contributed by atoms with E-state index in [1.165, 1.54) is 0 Å². The molecule has 1 heterocycles. The number of alkyl halides is 2. The van der Waals surface area contributed by atoms with Gasteiger partial charge in [0.15, 0.2) is 0 Å².